The van der Waals surface area contributed by atoms with Crippen molar-refractivity contribution in [3.63, 3.8) is 0 Å². The van der Waals surface area contributed by atoms with Crippen LogP contribution in [0.25, 0.3) is 0 Å². The van der Waals surface area contributed by atoms with E-state index in [9.17, 15) is 0 Å². The number of amidine groups is 1. The first-order valence-corrected chi connectivity index (χ1v) is 6.30. The third-order valence-corrected chi connectivity index (χ3v) is 2.96. The number of thioether (sulfide) groups is 1. The summed E-state index contributed by atoms with van der Waals surface area (Å²) in [5.74, 6) is 0. The standard InChI is InChI=1S/C11H12ClN3S/c1-8(15-11(16-2)14-7-13)9-5-3-4-6-10(9)12/h3-6,8H,1-2H3,(H,14,15). The van der Waals surface area contributed by atoms with Gasteiger partial charge in [0, 0.05) is 5.02 Å². The van der Waals surface area contributed by atoms with Gasteiger partial charge in [-0.05, 0) is 24.8 Å². The number of rotatable bonds is 2. The second-order valence-electron chi connectivity index (χ2n) is 3.07. The molecule has 1 unspecified atom stereocenters. The number of hydrogen-bond donors (Lipinski definition) is 1. The number of nitriles is 1. The first-order valence-electron chi connectivity index (χ1n) is 4.70. The van der Waals surface area contributed by atoms with E-state index in [1.54, 1.807) is 0 Å². The summed E-state index contributed by atoms with van der Waals surface area (Å²) in [5.41, 5.74) is 0.954. The topological polar surface area (TPSA) is 48.2 Å². The lowest BCUT2D eigenvalue weighted by molar-refractivity contribution is 0.819. The summed E-state index contributed by atoms with van der Waals surface area (Å²) < 4.78 is 0. The first-order chi connectivity index (χ1) is 7.69. The first kappa shape index (κ1) is 12.9. The summed E-state index contributed by atoms with van der Waals surface area (Å²) in [6, 6.07) is 7.49. The average Bonchev–Trinajstić information content (AvgIpc) is 2.28. The molecule has 1 rings (SSSR count). The van der Waals surface area contributed by atoms with Crippen LogP contribution in [0.1, 0.15) is 18.5 Å². The summed E-state index contributed by atoms with van der Waals surface area (Å²) in [5, 5.41) is 12.3. The molecule has 0 aliphatic carbocycles. The van der Waals surface area contributed by atoms with E-state index in [1.807, 2.05) is 43.6 Å². The predicted molar refractivity (Wildman–Crippen MR) is 69.6 cm³/mol. The van der Waals surface area contributed by atoms with Crippen molar-refractivity contribution in [2.45, 2.75) is 13.0 Å². The second kappa shape index (κ2) is 6.41. The molecule has 0 spiro atoms. The van der Waals surface area contributed by atoms with Gasteiger partial charge < -0.3 is 0 Å². The van der Waals surface area contributed by atoms with Crippen molar-refractivity contribution in [1.82, 2.24) is 5.32 Å². The van der Waals surface area contributed by atoms with Gasteiger partial charge >= 0.3 is 0 Å². The third-order valence-electron chi connectivity index (χ3n) is 2.02. The Morgan fingerprint density at radius 1 is 1.56 bits per heavy atom. The van der Waals surface area contributed by atoms with E-state index in [0.29, 0.717) is 10.2 Å². The van der Waals surface area contributed by atoms with Crippen molar-refractivity contribution < 1.29 is 0 Å². The number of benzene rings is 1. The highest BCUT2D eigenvalue weighted by Crippen LogP contribution is 2.25. The minimum atomic E-state index is -0.0722. The van der Waals surface area contributed by atoms with Crippen LogP contribution < -0.4 is 5.32 Å². The molecule has 16 heavy (non-hydrogen) atoms. The van der Waals surface area contributed by atoms with Crippen LogP contribution >= 0.6 is 23.4 Å². The molecule has 0 heterocycles. The Morgan fingerprint density at radius 2 is 2.25 bits per heavy atom. The number of nitrogens with zero attached hydrogens (tertiary/aromatic N) is 2. The second-order valence-corrected chi connectivity index (χ2v) is 4.27. The molecule has 0 bridgehead atoms. The Labute approximate surface area is 105 Å². The highest BCUT2D eigenvalue weighted by atomic mass is 35.5. The zero-order valence-corrected chi connectivity index (χ0v) is 10.6. The van der Waals surface area contributed by atoms with Crippen molar-refractivity contribution >= 4 is 28.5 Å². The van der Waals surface area contributed by atoms with E-state index < -0.39 is 0 Å². The number of hydrogen-bond acceptors (Lipinski definition) is 3. The van der Waals surface area contributed by atoms with Gasteiger partial charge in [0.2, 0.25) is 0 Å². The SMILES string of the molecule is CSC(=NC(C)c1ccccc1Cl)NC#N. The molecule has 0 aliphatic heterocycles. The molecule has 0 fully saturated rings. The summed E-state index contributed by atoms with van der Waals surface area (Å²) in [6.07, 6.45) is 3.72. The molecule has 1 N–H and O–H groups in total. The van der Waals surface area contributed by atoms with Gasteiger partial charge in [-0.1, -0.05) is 41.6 Å². The van der Waals surface area contributed by atoms with Gasteiger partial charge in [0.25, 0.3) is 0 Å². The molecule has 0 radical (unpaired) electrons. The molecule has 84 valence electrons. The van der Waals surface area contributed by atoms with Crippen molar-refractivity contribution in [1.29, 1.82) is 5.26 Å². The van der Waals surface area contributed by atoms with Gasteiger partial charge in [-0.25, -0.2) is 0 Å². The third kappa shape index (κ3) is 3.44. The highest BCUT2D eigenvalue weighted by molar-refractivity contribution is 8.13. The average molecular weight is 254 g/mol. The minimum Gasteiger partial charge on any atom is -0.272 e. The Hall–Kier alpha value is -1.18. The van der Waals surface area contributed by atoms with Gasteiger partial charge in [0.1, 0.15) is 0 Å². The zero-order valence-electron chi connectivity index (χ0n) is 9.07. The maximum Gasteiger partial charge on any atom is 0.183 e. The number of halogens is 1. The normalized spacial score (nSPS) is 13.0. The monoisotopic (exact) mass is 253 g/mol. The molecule has 3 nitrogen and oxygen atoms in total. The van der Waals surface area contributed by atoms with E-state index in [-0.39, 0.29) is 6.04 Å². The summed E-state index contributed by atoms with van der Waals surface area (Å²) in [4.78, 5) is 4.38. The maximum absolute atomic E-state index is 8.52. The summed E-state index contributed by atoms with van der Waals surface area (Å²) >= 11 is 7.46. The van der Waals surface area contributed by atoms with Gasteiger partial charge in [-0.2, -0.15) is 5.26 Å². The van der Waals surface area contributed by atoms with Crippen molar-refractivity contribution in [2.24, 2.45) is 4.99 Å². The van der Waals surface area contributed by atoms with Gasteiger partial charge in [0.05, 0.1) is 6.04 Å². The number of aliphatic imine (C=N–C) groups is 1. The molecule has 1 aromatic rings. The van der Waals surface area contributed by atoms with Gasteiger partial charge in [-0.3, -0.25) is 10.3 Å². The number of nitrogens with one attached hydrogen (secondary N) is 1. The fourth-order valence-electron chi connectivity index (χ4n) is 1.24. The fraction of sp³-hybridized carbons (Fsp3) is 0.273. The smallest absolute Gasteiger partial charge is 0.183 e. The van der Waals surface area contributed by atoms with Crippen LogP contribution in [0, 0.1) is 11.5 Å². The van der Waals surface area contributed by atoms with E-state index in [1.165, 1.54) is 11.8 Å². The molecular formula is C11H12ClN3S. The van der Waals surface area contributed by atoms with Crippen molar-refractivity contribution in [3.05, 3.63) is 34.9 Å². The van der Waals surface area contributed by atoms with Crippen LogP contribution in [0.2, 0.25) is 5.02 Å². The quantitative estimate of drug-likeness (QED) is 0.381. The largest absolute Gasteiger partial charge is 0.272 e. The molecule has 0 aromatic heterocycles. The van der Waals surface area contributed by atoms with E-state index in [0.717, 1.165) is 5.56 Å². The van der Waals surface area contributed by atoms with Crippen LogP contribution in [-0.2, 0) is 0 Å². The Bertz CT molecular complexity index is 425. The lowest BCUT2D eigenvalue weighted by atomic mass is 10.1. The van der Waals surface area contributed by atoms with E-state index >= 15 is 0 Å². The molecule has 1 atom stereocenters. The molecule has 0 saturated heterocycles. The Balaban J connectivity index is 2.90. The summed E-state index contributed by atoms with van der Waals surface area (Å²) in [6.45, 7) is 1.94. The molecule has 0 saturated carbocycles. The van der Waals surface area contributed by atoms with E-state index in [2.05, 4.69) is 10.3 Å². The predicted octanol–water partition coefficient (Wildman–Crippen LogP) is 3.19. The highest BCUT2D eigenvalue weighted by Gasteiger charge is 2.08. The van der Waals surface area contributed by atoms with Crippen LogP contribution in [-0.4, -0.2) is 11.4 Å². The molecular weight excluding hydrogens is 242 g/mol. The maximum atomic E-state index is 8.52. The lowest BCUT2D eigenvalue weighted by Crippen LogP contribution is -2.14. The molecule has 5 heteroatoms. The van der Waals surface area contributed by atoms with Crippen LogP contribution in [0.5, 0.6) is 0 Å². The van der Waals surface area contributed by atoms with Crippen LogP contribution in [0.15, 0.2) is 29.3 Å². The van der Waals surface area contributed by atoms with Crippen LogP contribution in [0.4, 0.5) is 0 Å². The van der Waals surface area contributed by atoms with Gasteiger partial charge in [0.15, 0.2) is 11.4 Å². The van der Waals surface area contributed by atoms with Crippen molar-refractivity contribution in [3.8, 4) is 6.19 Å². The molecule has 1 aromatic carbocycles. The molecule has 0 aliphatic rings. The Morgan fingerprint density at radius 3 is 2.81 bits per heavy atom. The Kier molecular flexibility index (Phi) is 5.17. The minimum absolute atomic E-state index is 0.0722. The molecule has 0 amide bonds. The van der Waals surface area contributed by atoms with Gasteiger partial charge in [-0.15, -0.1) is 0 Å². The zero-order chi connectivity index (χ0) is 12.0. The lowest BCUT2D eigenvalue weighted by Gasteiger charge is -2.10. The van der Waals surface area contributed by atoms with Crippen LogP contribution in [0.3, 0.4) is 0 Å². The summed E-state index contributed by atoms with van der Waals surface area (Å²) in [7, 11) is 0. The van der Waals surface area contributed by atoms with Crippen molar-refractivity contribution in [2.75, 3.05) is 6.26 Å². The fourth-order valence-corrected chi connectivity index (χ4v) is 1.95. The van der Waals surface area contributed by atoms with E-state index in [4.69, 9.17) is 16.9 Å².